The summed E-state index contributed by atoms with van der Waals surface area (Å²) < 4.78 is 10.4. The van der Waals surface area contributed by atoms with Crippen LogP contribution in [0.2, 0.25) is 0 Å². The number of amides is 1. The number of hydrogen-bond acceptors (Lipinski definition) is 4. The Labute approximate surface area is 101 Å². The van der Waals surface area contributed by atoms with Crippen LogP contribution in [0, 0.1) is 6.92 Å². The van der Waals surface area contributed by atoms with E-state index in [1.807, 2.05) is 19.1 Å². The molecule has 1 rings (SSSR count). The average Bonchev–Trinajstić information content (AvgIpc) is 2.36. The molecule has 0 bridgehead atoms. The molecule has 1 amide bonds. The smallest absolute Gasteiger partial charge is 0.234 e. The molecule has 1 aromatic carbocycles. The first kappa shape index (κ1) is 13.3. The second-order valence-corrected chi connectivity index (χ2v) is 3.70. The fourth-order valence-electron chi connectivity index (χ4n) is 1.61. The van der Waals surface area contributed by atoms with Gasteiger partial charge in [0.2, 0.25) is 5.91 Å². The molecule has 5 heteroatoms. The van der Waals surface area contributed by atoms with Gasteiger partial charge < -0.3 is 9.47 Å². The maximum Gasteiger partial charge on any atom is 0.234 e. The largest absolute Gasteiger partial charge is 0.493 e. The van der Waals surface area contributed by atoms with E-state index in [4.69, 9.17) is 15.3 Å². The van der Waals surface area contributed by atoms with Crippen LogP contribution in [-0.2, 0) is 11.2 Å². The maximum absolute atomic E-state index is 11.1. The Morgan fingerprint density at radius 2 is 1.88 bits per heavy atom. The molecule has 1 aromatic rings. The number of carbonyl (C=O) groups excluding carboxylic acids is 1. The Kier molecular flexibility index (Phi) is 4.78. The molecule has 0 radical (unpaired) electrons. The van der Waals surface area contributed by atoms with Crippen molar-refractivity contribution in [1.29, 1.82) is 0 Å². The van der Waals surface area contributed by atoms with Gasteiger partial charge in [-0.1, -0.05) is 0 Å². The molecule has 0 heterocycles. The minimum absolute atomic E-state index is 0.181. The van der Waals surface area contributed by atoms with E-state index in [9.17, 15) is 4.79 Å². The zero-order chi connectivity index (χ0) is 12.8. The van der Waals surface area contributed by atoms with Crippen LogP contribution in [0.25, 0.3) is 0 Å². The third kappa shape index (κ3) is 3.35. The highest BCUT2D eigenvalue weighted by atomic mass is 16.5. The van der Waals surface area contributed by atoms with Crippen molar-refractivity contribution in [2.24, 2.45) is 5.84 Å². The highest BCUT2D eigenvalue weighted by Gasteiger charge is 2.09. The SMILES string of the molecule is COc1cc(C)c(CCC(=O)NN)cc1OC. The first-order valence-corrected chi connectivity index (χ1v) is 5.33. The molecule has 0 saturated carbocycles. The number of hydrogen-bond donors (Lipinski definition) is 2. The molecule has 17 heavy (non-hydrogen) atoms. The lowest BCUT2D eigenvalue weighted by Gasteiger charge is -2.12. The number of hydrazine groups is 1. The standard InChI is InChI=1S/C12H18N2O3/c1-8-6-10(16-2)11(17-3)7-9(8)4-5-12(15)14-13/h6-7H,4-5,13H2,1-3H3,(H,14,15). The number of ether oxygens (including phenoxy) is 2. The summed E-state index contributed by atoms with van der Waals surface area (Å²) in [5, 5.41) is 0. The van der Waals surface area contributed by atoms with E-state index in [2.05, 4.69) is 5.43 Å². The highest BCUT2D eigenvalue weighted by molar-refractivity contribution is 5.75. The summed E-state index contributed by atoms with van der Waals surface area (Å²) in [6, 6.07) is 3.78. The van der Waals surface area contributed by atoms with E-state index >= 15 is 0 Å². The van der Waals surface area contributed by atoms with Crippen LogP contribution in [0.1, 0.15) is 17.5 Å². The monoisotopic (exact) mass is 238 g/mol. The second kappa shape index (κ2) is 6.10. The molecule has 94 valence electrons. The summed E-state index contributed by atoms with van der Waals surface area (Å²) in [5.41, 5.74) is 4.22. The molecule has 0 atom stereocenters. The Bertz CT molecular complexity index is 405. The van der Waals surface area contributed by atoms with Crippen molar-refractivity contribution in [3.8, 4) is 11.5 Å². The second-order valence-electron chi connectivity index (χ2n) is 3.70. The normalized spacial score (nSPS) is 9.88. The van der Waals surface area contributed by atoms with Crippen molar-refractivity contribution in [3.05, 3.63) is 23.3 Å². The number of nitrogens with one attached hydrogen (secondary N) is 1. The summed E-state index contributed by atoms with van der Waals surface area (Å²) in [7, 11) is 3.18. The van der Waals surface area contributed by atoms with Gasteiger partial charge in [0.1, 0.15) is 0 Å². The number of benzene rings is 1. The number of rotatable bonds is 5. The Morgan fingerprint density at radius 1 is 1.29 bits per heavy atom. The molecule has 0 unspecified atom stereocenters. The topological polar surface area (TPSA) is 73.6 Å². The van der Waals surface area contributed by atoms with Crippen molar-refractivity contribution in [2.45, 2.75) is 19.8 Å². The summed E-state index contributed by atoms with van der Waals surface area (Å²) >= 11 is 0. The number of carbonyl (C=O) groups is 1. The molecule has 0 fully saturated rings. The highest BCUT2D eigenvalue weighted by Crippen LogP contribution is 2.30. The Morgan fingerprint density at radius 3 is 2.41 bits per heavy atom. The van der Waals surface area contributed by atoms with Gasteiger partial charge in [-0.15, -0.1) is 0 Å². The van der Waals surface area contributed by atoms with E-state index in [0.29, 0.717) is 24.3 Å². The van der Waals surface area contributed by atoms with Crippen molar-refractivity contribution < 1.29 is 14.3 Å². The predicted molar refractivity (Wildman–Crippen MR) is 64.9 cm³/mol. The number of nitrogens with two attached hydrogens (primary N) is 1. The van der Waals surface area contributed by atoms with E-state index in [1.54, 1.807) is 14.2 Å². The van der Waals surface area contributed by atoms with E-state index < -0.39 is 0 Å². The van der Waals surface area contributed by atoms with Gasteiger partial charge in [0.15, 0.2) is 11.5 Å². The summed E-state index contributed by atoms with van der Waals surface area (Å²) in [6.45, 7) is 1.97. The summed E-state index contributed by atoms with van der Waals surface area (Å²) in [6.07, 6.45) is 0.974. The van der Waals surface area contributed by atoms with Crippen molar-refractivity contribution in [1.82, 2.24) is 5.43 Å². The van der Waals surface area contributed by atoms with Crippen LogP contribution in [0.4, 0.5) is 0 Å². The van der Waals surface area contributed by atoms with Crippen LogP contribution < -0.4 is 20.7 Å². The van der Waals surface area contributed by atoms with E-state index in [0.717, 1.165) is 11.1 Å². The van der Waals surface area contributed by atoms with Crippen molar-refractivity contribution >= 4 is 5.91 Å². The molecular weight excluding hydrogens is 220 g/mol. The predicted octanol–water partition coefficient (Wildman–Crippen LogP) is 0.935. The van der Waals surface area contributed by atoms with Crippen LogP contribution in [0.3, 0.4) is 0 Å². The summed E-state index contributed by atoms with van der Waals surface area (Å²) in [4.78, 5) is 11.1. The minimum atomic E-state index is -0.181. The molecule has 0 spiro atoms. The summed E-state index contributed by atoms with van der Waals surface area (Å²) in [5.74, 6) is 6.21. The zero-order valence-electron chi connectivity index (χ0n) is 10.4. The first-order chi connectivity index (χ1) is 8.12. The fourth-order valence-corrected chi connectivity index (χ4v) is 1.61. The zero-order valence-corrected chi connectivity index (χ0v) is 10.4. The number of aryl methyl sites for hydroxylation is 2. The minimum Gasteiger partial charge on any atom is -0.493 e. The van der Waals surface area contributed by atoms with Gasteiger partial charge >= 0.3 is 0 Å². The van der Waals surface area contributed by atoms with E-state index in [1.165, 1.54) is 0 Å². The molecule has 5 nitrogen and oxygen atoms in total. The van der Waals surface area contributed by atoms with E-state index in [-0.39, 0.29) is 5.91 Å². The van der Waals surface area contributed by atoms with Crippen LogP contribution >= 0.6 is 0 Å². The lowest BCUT2D eigenvalue weighted by atomic mass is 10.0. The van der Waals surface area contributed by atoms with Crippen molar-refractivity contribution in [3.63, 3.8) is 0 Å². The molecule has 3 N–H and O–H groups in total. The van der Waals surface area contributed by atoms with Gasteiger partial charge in [-0.25, -0.2) is 5.84 Å². The van der Waals surface area contributed by atoms with Gasteiger partial charge in [-0.05, 0) is 36.6 Å². The van der Waals surface area contributed by atoms with Gasteiger partial charge in [0.05, 0.1) is 14.2 Å². The Hall–Kier alpha value is -1.75. The van der Waals surface area contributed by atoms with Gasteiger partial charge in [0, 0.05) is 6.42 Å². The van der Waals surface area contributed by atoms with Gasteiger partial charge in [-0.2, -0.15) is 0 Å². The molecule has 0 aliphatic carbocycles. The third-order valence-electron chi connectivity index (χ3n) is 2.62. The average molecular weight is 238 g/mol. The maximum atomic E-state index is 11.1. The lowest BCUT2D eigenvalue weighted by molar-refractivity contribution is -0.121. The van der Waals surface area contributed by atoms with Gasteiger partial charge in [0.25, 0.3) is 0 Å². The molecule has 0 aliphatic rings. The molecular formula is C12H18N2O3. The quantitative estimate of drug-likeness (QED) is 0.455. The first-order valence-electron chi connectivity index (χ1n) is 5.33. The number of methoxy groups -OCH3 is 2. The Balaban J connectivity index is 2.89. The van der Waals surface area contributed by atoms with Crippen molar-refractivity contribution in [2.75, 3.05) is 14.2 Å². The van der Waals surface area contributed by atoms with Crippen LogP contribution in [0.15, 0.2) is 12.1 Å². The fraction of sp³-hybridized carbons (Fsp3) is 0.417. The van der Waals surface area contributed by atoms with Crippen LogP contribution in [0.5, 0.6) is 11.5 Å². The molecule has 0 aromatic heterocycles. The lowest BCUT2D eigenvalue weighted by Crippen LogP contribution is -2.30. The third-order valence-corrected chi connectivity index (χ3v) is 2.62. The molecule has 0 saturated heterocycles. The van der Waals surface area contributed by atoms with Gasteiger partial charge in [-0.3, -0.25) is 10.2 Å². The molecule has 0 aliphatic heterocycles. The van der Waals surface area contributed by atoms with Crippen LogP contribution in [-0.4, -0.2) is 20.1 Å².